The summed E-state index contributed by atoms with van der Waals surface area (Å²) in [4.78, 5) is 13.2. The molecule has 0 saturated carbocycles. The van der Waals surface area contributed by atoms with Crippen molar-refractivity contribution >= 4 is 5.91 Å². The molecule has 0 bridgehead atoms. The molecule has 116 valence electrons. The summed E-state index contributed by atoms with van der Waals surface area (Å²) in [5.41, 5.74) is 0.949. The highest BCUT2D eigenvalue weighted by atomic mass is 16.5. The molecule has 1 saturated heterocycles. The zero-order valence-corrected chi connectivity index (χ0v) is 12.2. The van der Waals surface area contributed by atoms with Crippen LogP contribution in [0.2, 0.25) is 0 Å². The summed E-state index contributed by atoms with van der Waals surface area (Å²) in [5, 5.41) is 12.7. The van der Waals surface area contributed by atoms with Gasteiger partial charge in [0.1, 0.15) is 5.75 Å². The van der Waals surface area contributed by atoms with Crippen molar-refractivity contribution < 1.29 is 19.4 Å². The molecule has 21 heavy (non-hydrogen) atoms. The molecule has 1 aromatic carbocycles. The molecule has 1 aliphatic heterocycles. The number of piperazine rings is 1. The van der Waals surface area contributed by atoms with Gasteiger partial charge in [0.05, 0.1) is 33.0 Å². The number of rotatable bonds is 7. The van der Waals surface area contributed by atoms with E-state index in [1.807, 2.05) is 29.2 Å². The summed E-state index contributed by atoms with van der Waals surface area (Å²) < 4.78 is 10.8. The van der Waals surface area contributed by atoms with Crippen molar-refractivity contribution in [3.8, 4) is 5.75 Å². The summed E-state index contributed by atoms with van der Waals surface area (Å²) in [6, 6.07) is 7.63. The van der Waals surface area contributed by atoms with Crippen LogP contribution >= 0.6 is 0 Å². The molecule has 1 aliphatic rings. The van der Waals surface area contributed by atoms with Gasteiger partial charge in [0.15, 0.2) is 0 Å². The van der Waals surface area contributed by atoms with E-state index in [0.717, 1.165) is 17.9 Å². The minimum atomic E-state index is -0.606. The third kappa shape index (κ3) is 5.00. The Bertz CT molecular complexity index is 467. The first-order valence-corrected chi connectivity index (χ1v) is 7.06. The first-order chi connectivity index (χ1) is 10.2. The number of β-amino-alcohol motifs (C(OH)–C–C–N with tert-alkyl or cyclic N) is 1. The van der Waals surface area contributed by atoms with Crippen molar-refractivity contribution in [3.05, 3.63) is 29.8 Å². The Morgan fingerprint density at radius 1 is 1.43 bits per heavy atom. The van der Waals surface area contributed by atoms with E-state index in [0.29, 0.717) is 26.2 Å². The fourth-order valence-corrected chi connectivity index (χ4v) is 2.33. The number of carbonyl (C=O) groups is 1. The molecule has 1 fully saturated rings. The van der Waals surface area contributed by atoms with E-state index >= 15 is 0 Å². The van der Waals surface area contributed by atoms with Crippen molar-refractivity contribution in [1.29, 1.82) is 0 Å². The Hall–Kier alpha value is -1.63. The van der Waals surface area contributed by atoms with E-state index in [2.05, 4.69) is 5.32 Å². The van der Waals surface area contributed by atoms with Gasteiger partial charge in [-0.25, -0.2) is 0 Å². The van der Waals surface area contributed by atoms with Gasteiger partial charge in [0.2, 0.25) is 5.91 Å². The molecule has 1 amide bonds. The monoisotopic (exact) mass is 294 g/mol. The van der Waals surface area contributed by atoms with Gasteiger partial charge in [-0.1, -0.05) is 18.2 Å². The molecule has 1 heterocycles. The van der Waals surface area contributed by atoms with Gasteiger partial charge < -0.3 is 19.9 Å². The minimum absolute atomic E-state index is 0.00314. The van der Waals surface area contributed by atoms with Crippen LogP contribution in [-0.2, 0) is 16.1 Å². The highest BCUT2D eigenvalue weighted by Crippen LogP contribution is 2.18. The van der Waals surface area contributed by atoms with Gasteiger partial charge in [0.25, 0.3) is 0 Å². The van der Waals surface area contributed by atoms with Gasteiger partial charge in [0, 0.05) is 25.2 Å². The van der Waals surface area contributed by atoms with Gasteiger partial charge in [-0.15, -0.1) is 0 Å². The van der Waals surface area contributed by atoms with Crippen LogP contribution in [0.5, 0.6) is 5.75 Å². The third-order valence-electron chi connectivity index (χ3n) is 3.35. The molecule has 6 nitrogen and oxygen atoms in total. The average molecular weight is 294 g/mol. The van der Waals surface area contributed by atoms with Crippen molar-refractivity contribution in [2.45, 2.75) is 12.7 Å². The molecule has 0 aliphatic carbocycles. The normalized spacial score (nSPS) is 17.3. The Morgan fingerprint density at radius 2 is 2.24 bits per heavy atom. The van der Waals surface area contributed by atoms with Crippen molar-refractivity contribution in [1.82, 2.24) is 10.2 Å². The molecule has 1 aromatic rings. The number of methoxy groups -OCH3 is 1. The summed E-state index contributed by atoms with van der Waals surface area (Å²) in [6.07, 6.45) is -0.606. The summed E-state index contributed by atoms with van der Waals surface area (Å²) in [7, 11) is 1.62. The average Bonchev–Trinajstić information content (AvgIpc) is 2.47. The lowest BCUT2D eigenvalue weighted by Crippen LogP contribution is -2.50. The SMILES string of the molecule is COc1ccccc1COCC(O)CN1CCNC(=O)C1. The molecule has 6 heteroatoms. The fraction of sp³-hybridized carbons (Fsp3) is 0.533. The molecule has 0 radical (unpaired) electrons. The first-order valence-electron chi connectivity index (χ1n) is 7.06. The minimum Gasteiger partial charge on any atom is -0.496 e. The van der Waals surface area contributed by atoms with Crippen LogP contribution < -0.4 is 10.1 Å². The number of benzene rings is 1. The van der Waals surface area contributed by atoms with Crippen molar-refractivity contribution in [3.63, 3.8) is 0 Å². The zero-order valence-electron chi connectivity index (χ0n) is 12.2. The Balaban J connectivity index is 1.71. The van der Waals surface area contributed by atoms with Gasteiger partial charge >= 0.3 is 0 Å². The molecule has 0 spiro atoms. The Labute approximate surface area is 124 Å². The second-order valence-corrected chi connectivity index (χ2v) is 5.07. The molecule has 0 aromatic heterocycles. The zero-order chi connectivity index (χ0) is 15.1. The number of aliphatic hydroxyl groups excluding tert-OH is 1. The van der Waals surface area contributed by atoms with Gasteiger partial charge in [-0.2, -0.15) is 0 Å². The number of aliphatic hydroxyl groups is 1. The number of nitrogens with zero attached hydrogens (tertiary/aromatic N) is 1. The number of hydrogen-bond donors (Lipinski definition) is 2. The first kappa shape index (κ1) is 15.8. The number of ether oxygens (including phenoxy) is 2. The quantitative estimate of drug-likeness (QED) is 0.741. The number of para-hydroxylation sites is 1. The van der Waals surface area contributed by atoms with E-state index in [-0.39, 0.29) is 12.5 Å². The largest absolute Gasteiger partial charge is 0.496 e. The molecule has 1 unspecified atom stereocenters. The van der Waals surface area contributed by atoms with Crippen LogP contribution in [0.15, 0.2) is 24.3 Å². The Kier molecular flexibility index (Phi) is 5.98. The highest BCUT2D eigenvalue weighted by Gasteiger charge is 2.18. The van der Waals surface area contributed by atoms with Crippen molar-refractivity contribution in [2.75, 3.05) is 39.9 Å². The van der Waals surface area contributed by atoms with Crippen LogP contribution in [0, 0.1) is 0 Å². The second kappa shape index (κ2) is 7.97. The lowest BCUT2D eigenvalue weighted by molar-refractivity contribution is -0.124. The predicted octanol–water partition coefficient (Wildman–Crippen LogP) is 0.00450. The standard InChI is InChI=1S/C15H22N2O4/c1-20-14-5-3-2-4-12(14)10-21-11-13(18)8-17-7-6-16-15(19)9-17/h2-5,13,18H,6-11H2,1H3,(H,16,19). The van der Waals surface area contributed by atoms with Crippen LogP contribution in [0.4, 0.5) is 0 Å². The number of amides is 1. The van der Waals surface area contributed by atoms with E-state index in [9.17, 15) is 9.90 Å². The number of nitrogens with one attached hydrogen (secondary N) is 1. The number of carbonyl (C=O) groups excluding carboxylic acids is 1. The second-order valence-electron chi connectivity index (χ2n) is 5.07. The maximum atomic E-state index is 11.2. The Morgan fingerprint density at radius 3 is 3.00 bits per heavy atom. The lowest BCUT2D eigenvalue weighted by Gasteiger charge is -2.28. The lowest BCUT2D eigenvalue weighted by atomic mass is 10.2. The molecule has 2 N–H and O–H groups in total. The maximum Gasteiger partial charge on any atom is 0.234 e. The van der Waals surface area contributed by atoms with Crippen LogP contribution in [0.3, 0.4) is 0 Å². The van der Waals surface area contributed by atoms with E-state index < -0.39 is 6.10 Å². The fourth-order valence-electron chi connectivity index (χ4n) is 2.33. The summed E-state index contributed by atoms with van der Waals surface area (Å²) in [6.45, 7) is 2.80. The third-order valence-corrected chi connectivity index (χ3v) is 3.35. The van der Waals surface area contributed by atoms with Crippen LogP contribution in [0.25, 0.3) is 0 Å². The van der Waals surface area contributed by atoms with Gasteiger partial charge in [-0.05, 0) is 6.07 Å². The van der Waals surface area contributed by atoms with Gasteiger partial charge in [-0.3, -0.25) is 9.69 Å². The summed E-state index contributed by atoms with van der Waals surface area (Å²) >= 11 is 0. The topological polar surface area (TPSA) is 71.0 Å². The van der Waals surface area contributed by atoms with E-state index in [1.54, 1.807) is 7.11 Å². The maximum absolute atomic E-state index is 11.2. The smallest absolute Gasteiger partial charge is 0.234 e. The molecular weight excluding hydrogens is 272 g/mol. The highest BCUT2D eigenvalue weighted by molar-refractivity contribution is 5.78. The molecule has 2 rings (SSSR count). The van der Waals surface area contributed by atoms with Crippen molar-refractivity contribution in [2.24, 2.45) is 0 Å². The predicted molar refractivity (Wildman–Crippen MR) is 78.1 cm³/mol. The molecular formula is C15H22N2O4. The summed E-state index contributed by atoms with van der Waals surface area (Å²) in [5.74, 6) is 0.781. The van der Waals surface area contributed by atoms with E-state index in [4.69, 9.17) is 9.47 Å². The van der Waals surface area contributed by atoms with Crippen LogP contribution in [0.1, 0.15) is 5.56 Å². The molecule has 1 atom stereocenters. The van der Waals surface area contributed by atoms with Crippen LogP contribution in [-0.4, -0.2) is 61.9 Å². The van der Waals surface area contributed by atoms with E-state index in [1.165, 1.54) is 0 Å². The number of hydrogen-bond acceptors (Lipinski definition) is 5.